The summed E-state index contributed by atoms with van der Waals surface area (Å²) in [5, 5.41) is 6.33. The highest BCUT2D eigenvalue weighted by Gasteiger charge is 2.24. The average Bonchev–Trinajstić information content (AvgIpc) is 2.69. The molecule has 0 saturated heterocycles. The molecule has 0 unspecified atom stereocenters. The number of nitrogens with one attached hydrogen (secondary N) is 2. The van der Waals surface area contributed by atoms with Gasteiger partial charge in [0.25, 0.3) is 0 Å². The van der Waals surface area contributed by atoms with Crippen LogP contribution in [0.5, 0.6) is 0 Å². The molecule has 2 aromatic carbocycles. The number of amides is 2. The number of carbonyl (C=O) groups excluding carboxylic acids is 2. The van der Waals surface area contributed by atoms with Crippen LogP contribution in [0, 0.1) is 5.92 Å². The fraction of sp³-hybridized carbons (Fsp3) is 0.273. The van der Waals surface area contributed by atoms with E-state index < -0.39 is 6.04 Å². The van der Waals surface area contributed by atoms with E-state index in [1.54, 1.807) is 18.2 Å². The van der Waals surface area contributed by atoms with Gasteiger partial charge in [-0.2, -0.15) is 0 Å². The van der Waals surface area contributed by atoms with E-state index in [0.717, 1.165) is 17.5 Å². The first-order valence-electron chi connectivity index (χ1n) is 9.05. The fourth-order valence-electron chi connectivity index (χ4n) is 2.58. The van der Waals surface area contributed by atoms with Crippen LogP contribution < -0.4 is 10.6 Å². The van der Waals surface area contributed by atoms with Gasteiger partial charge in [-0.25, -0.2) is 0 Å². The van der Waals surface area contributed by atoms with Crippen molar-refractivity contribution in [1.29, 1.82) is 0 Å². The lowest BCUT2D eigenvalue weighted by atomic mass is 9.98. The lowest BCUT2D eigenvalue weighted by molar-refractivity contribution is -0.128. The molecule has 2 atom stereocenters. The van der Waals surface area contributed by atoms with Gasteiger partial charge in [0.1, 0.15) is 6.04 Å². The molecule has 0 spiro atoms. The molecule has 142 valence electrons. The maximum Gasteiger partial charge on any atom is 0.244 e. The van der Waals surface area contributed by atoms with Gasteiger partial charge in [0, 0.05) is 17.6 Å². The smallest absolute Gasteiger partial charge is 0.244 e. The van der Waals surface area contributed by atoms with Crippen LogP contribution in [0.3, 0.4) is 0 Å². The summed E-state index contributed by atoms with van der Waals surface area (Å²) >= 11 is 5.94. The maximum absolute atomic E-state index is 12.6. The average molecular weight is 385 g/mol. The summed E-state index contributed by atoms with van der Waals surface area (Å²) in [4.78, 5) is 24.9. The predicted octanol–water partition coefficient (Wildman–Crippen LogP) is 4.20. The number of hydrogen-bond donors (Lipinski definition) is 2. The topological polar surface area (TPSA) is 58.2 Å². The summed E-state index contributed by atoms with van der Waals surface area (Å²) in [7, 11) is 0. The van der Waals surface area contributed by atoms with E-state index in [1.165, 1.54) is 6.08 Å². The van der Waals surface area contributed by atoms with Crippen LogP contribution in [-0.4, -0.2) is 17.9 Å². The van der Waals surface area contributed by atoms with Gasteiger partial charge in [-0.15, -0.1) is 0 Å². The molecule has 0 radical (unpaired) electrons. The lowest BCUT2D eigenvalue weighted by Crippen LogP contribution is -2.49. The summed E-state index contributed by atoms with van der Waals surface area (Å²) < 4.78 is 0. The Morgan fingerprint density at radius 1 is 1.11 bits per heavy atom. The number of carbonyl (C=O) groups is 2. The van der Waals surface area contributed by atoms with Crippen LogP contribution in [0.4, 0.5) is 0 Å². The molecule has 27 heavy (non-hydrogen) atoms. The third-order valence-electron chi connectivity index (χ3n) is 4.38. The zero-order valence-electron chi connectivity index (χ0n) is 15.6. The van der Waals surface area contributed by atoms with Crippen molar-refractivity contribution >= 4 is 29.5 Å². The predicted molar refractivity (Wildman–Crippen MR) is 110 cm³/mol. The SMILES string of the molecule is CC[C@H](C)[C@H](NC(=O)/C=C/c1cccc(Cl)c1)C(=O)NCc1ccccc1. The molecule has 0 aliphatic carbocycles. The molecule has 0 fully saturated rings. The molecule has 2 amide bonds. The zero-order chi connectivity index (χ0) is 19.6. The second-order valence-electron chi connectivity index (χ2n) is 6.46. The van der Waals surface area contributed by atoms with Crippen molar-refractivity contribution < 1.29 is 9.59 Å². The van der Waals surface area contributed by atoms with Crippen molar-refractivity contribution in [2.45, 2.75) is 32.9 Å². The minimum absolute atomic E-state index is 0.0179. The molecule has 5 heteroatoms. The van der Waals surface area contributed by atoms with Gasteiger partial charge in [0.2, 0.25) is 11.8 Å². The quantitative estimate of drug-likeness (QED) is 0.670. The Labute approximate surface area is 165 Å². The Balaban J connectivity index is 1.98. The molecule has 0 aliphatic rings. The van der Waals surface area contributed by atoms with Crippen LogP contribution >= 0.6 is 11.6 Å². The third-order valence-corrected chi connectivity index (χ3v) is 4.61. The second-order valence-corrected chi connectivity index (χ2v) is 6.90. The molecule has 0 heterocycles. The molecule has 2 N–H and O–H groups in total. The van der Waals surface area contributed by atoms with E-state index in [1.807, 2.05) is 56.3 Å². The molecule has 2 rings (SSSR count). The monoisotopic (exact) mass is 384 g/mol. The highest BCUT2D eigenvalue weighted by molar-refractivity contribution is 6.30. The van der Waals surface area contributed by atoms with E-state index in [0.29, 0.717) is 11.6 Å². The van der Waals surface area contributed by atoms with E-state index >= 15 is 0 Å². The van der Waals surface area contributed by atoms with Gasteiger partial charge in [-0.05, 0) is 35.3 Å². The first-order valence-corrected chi connectivity index (χ1v) is 9.43. The summed E-state index contributed by atoms with van der Waals surface area (Å²) in [6.45, 7) is 4.38. The highest BCUT2D eigenvalue weighted by atomic mass is 35.5. The van der Waals surface area contributed by atoms with Gasteiger partial charge in [-0.3, -0.25) is 9.59 Å². The Morgan fingerprint density at radius 3 is 2.52 bits per heavy atom. The van der Waals surface area contributed by atoms with Gasteiger partial charge in [-0.1, -0.05) is 74.3 Å². The van der Waals surface area contributed by atoms with Gasteiger partial charge in [0.15, 0.2) is 0 Å². The molecule has 2 aromatic rings. The summed E-state index contributed by atoms with van der Waals surface area (Å²) in [6, 6.07) is 16.3. The third kappa shape index (κ3) is 6.91. The minimum Gasteiger partial charge on any atom is -0.350 e. The molecular weight excluding hydrogens is 360 g/mol. The van der Waals surface area contributed by atoms with Crippen LogP contribution in [0.25, 0.3) is 6.08 Å². The minimum atomic E-state index is -0.588. The molecule has 0 saturated carbocycles. The van der Waals surface area contributed by atoms with Crippen molar-refractivity contribution in [3.05, 3.63) is 76.8 Å². The van der Waals surface area contributed by atoms with Crippen LogP contribution in [0.15, 0.2) is 60.7 Å². The molecular formula is C22H25ClN2O2. The van der Waals surface area contributed by atoms with Crippen molar-refractivity contribution in [2.24, 2.45) is 5.92 Å². The Bertz CT molecular complexity index is 790. The molecule has 4 nitrogen and oxygen atoms in total. The van der Waals surface area contributed by atoms with Crippen molar-refractivity contribution in [2.75, 3.05) is 0 Å². The Kier molecular flexibility index (Phi) is 8.08. The largest absolute Gasteiger partial charge is 0.350 e. The number of hydrogen-bond acceptors (Lipinski definition) is 2. The summed E-state index contributed by atoms with van der Waals surface area (Å²) in [5.41, 5.74) is 1.84. The normalized spacial score (nSPS) is 13.1. The van der Waals surface area contributed by atoms with Gasteiger partial charge >= 0.3 is 0 Å². The Hall–Kier alpha value is -2.59. The Morgan fingerprint density at radius 2 is 1.85 bits per heavy atom. The maximum atomic E-state index is 12.6. The van der Waals surface area contributed by atoms with Crippen molar-refractivity contribution in [3.63, 3.8) is 0 Å². The number of halogens is 1. The van der Waals surface area contributed by atoms with E-state index in [-0.39, 0.29) is 17.7 Å². The van der Waals surface area contributed by atoms with Crippen LogP contribution in [0.1, 0.15) is 31.4 Å². The first kappa shape index (κ1) is 20.7. The van der Waals surface area contributed by atoms with E-state index in [9.17, 15) is 9.59 Å². The lowest BCUT2D eigenvalue weighted by Gasteiger charge is -2.23. The van der Waals surface area contributed by atoms with Crippen LogP contribution in [-0.2, 0) is 16.1 Å². The van der Waals surface area contributed by atoms with Crippen molar-refractivity contribution in [1.82, 2.24) is 10.6 Å². The summed E-state index contributed by atoms with van der Waals surface area (Å²) in [6.07, 6.45) is 3.88. The second kappa shape index (κ2) is 10.5. The molecule has 0 aromatic heterocycles. The van der Waals surface area contributed by atoms with Gasteiger partial charge < -0.3 is 10.6 Å². The highest BCUT2D eigenvalue weighted by Crippen LogP contribution is 2.12. The van der Waals surface area contributed by atoms with Gasteiger partial charge in [0.05, 0.1) is 0 Å². The summed E-state index contributed by atoms with van der Waals surface area (Å²) in [5.74, 6) is -0.475. The first-order chi connectivity index (χ1) is 13.0. The fourth-order valence-corrected chi connectivity index (χ4v) is 2.78. The van der Waals surface area contributed by atoms with E-state index in [4.69, 9.17) is 11.6 Å². The molecule has 0 bridgehead atoms. The zero-order valence-corrected chi connectivity index (χ0v) is 16.4. The standard InChI is InChI=1S/C22H25ClN2O2/c1-3-16(2)21(22(27)24-15-18-8-5-4-6-9-18)25-20(26)13-12-17-10-7-11-19(23)14-17/h4-14,16,21H,3,15H2,1-2H3,(H,24,27)(H,25,26)/b13-12+/t16-,21-/m0/s1. The van der Waals surface area contributed by atoms with Crippen molar-refractivity contribution in [3.8, 4) is 0 Å². The molecule has 0 aliphatic heterocycles. The number of benzene rings is 2. The van der Waals surface area contributed by atoms with Crippen LogP contribution in [0.2, 0.25) is 5.02 Å². The number of rotatable bonds is 8. The van der Waals surface area contributed by atoms with E-state index in [2.05, 4.69) is 10.6 Å².